The Morgan fingerprint density at radius 2 is 1.93 bits per heavy atom. The van der Waals surface area contributed by atoms with Crippen molar-refractivity contribution in [3.8, 4) is 17.2 Å². The largest absolute Gasteiger partial charge is 0.496 e. The molecular weight excluding hydrogens is 376 g/mol. The molecule has 4 rings (SSSR count). The molecule has 2 aliphatic rings. The van der Waals surface area contributed by atoms with Crippen molar-refractivity contribution in [2.75, 3.05) is 40.0 Å². The molecule has 0 amide bonds. The van der Waals surface area contributed by atoms with Crippen LogP contribution in [0.15, 0.2) is 36.4 Å². The molecule has 0 spiro atoms. The van der Waals surface area contributed by atoms with Crippen LogP contribution in [-0.2, 0) is 6.54 Å². The van der Waals surface area contributed by atoms with E-state index in [-0.39, 0.29) is 6.04 Å². The fourth-order valence-corrected chi connectivity index (χ4v) is 4.34. The molecule has 0 bridgehead atoms. The summed E-state index contributed by atoms with van der Waals surface area (Å²) in [5.74, 6) is 2.33. The summed E-state index contributed by atoms with van der Waals surface area (Å²) < 4.78 is 16.9. The highest BCUT2D eigenvalue weighted by Gasteiger charge is 2.25. The summed E-state index contributed by atoms with van der Waals surface area (Å²) in [6, 6.07) is 12.6. The van der Waals surface area contributed by atoms with Crippen LogP contribution in [-0.4, -0.2) is 44.9 Å². The van der Waals surface area contributed by atoms with Crippen LogP contribution >= 0.6 is 11.6 Å². The van der Waals surface area contributed by atoms with Gasteiger partial charge in [0, 0.05) is 18.7 Å². The monoisotopic (exact) mass is 402 g/mol. The van der Waals surface area contributed by atoms with Gasteiger partial charge in [-0.2, -0.15) is 0 Å². The molecule has 2 aromatic rings. The summed E-state index contributed by atoms with van der Waals surface area (Å²) in [6.45, 7) is 4.91. The third-order valence-electron chi connectivity index (χ3n) is 5.40. The number of nitrogens with one attached hydrogen (secondary N) is 1. The van der Waals surface area contributed by atoms with E-state index in [1.54, 1.807) is 7.11 Å². The predicted octanol–water partition coefficient (Wildman–Crippen LogP) is 4.05. The summed E-state index contributed by atoms with van der Waals surface area (Å²) in [5, 5.41) is 4.22. The normalized spacial score (nSPS) is 17.5. The van der Waals surface area contributed by atoms with Crippen molar-refractivity contribution < 1.29 is 14.2 Å². The zero-order valence-electron chi connectivity index (χ0n) is 16.2. The van der Waals surface area contributed by atoms with Gasteiger partial charge in [0.05, 0.1) is 18.2 Å². The van der Waals surface area contributed by atoms with E-state index in [2.05, 4.69) is 22.3 Å². The first-order chi connectivity index (χ1) is 13.8. The lowest BCUT2D eigenvalue weighted by Crippen LogP contribution is -2.34. The average molecular weight is 403 g/mol. The molecule has 2 heterocycles. The van der Waals surface area contributed by atoms with Gasteiger partial charge in [0.2, 0.25) is 0 Å². The number of benzene rings is 2. The second kappa shape index (κ2) is 9.03. The van der Waals surface area contributed by atoms with Gasteiger partial charge in [-0.25, -0.2) is 0 Å². The Morgan fingerprint density at radius 3 is 2.75 bits per heavy atom. The molecule has 1 saturated heterocycles. The summed E-state index contributed by atoms with van der Waals surface area (Å²) >= 11 is 6.37. The van der Waals surface area contributed by atoms with Gasteiger partial charge in [0.1, 0.15) is 19.0 Å². The maximum atomic E-state index is 6.37. The number of fused-ring (bicyclic) bond motifs is 1. The Balaban J connectivity index is 1.47. The van der Waals surface area contributed by atoms with Crippen LogP contribution in [0.2, 0.25) is 5.02 Å². The Bertz CT molecular complexity index is 808. The van der Waals surface area contributed by atoms with E-state index >= 15 is 0 Å². The molecule has 0 aromatic heterocycles. The maximum Gasteiger partial charge on any atom is 0.179 e. The van der Waals surface area contributed by atoms with E-state index in [0.717, 1.165) is 43.2 Å². The smallest absolute Gasteiger partial charge is 0.179 e. The summed E-state index contributed by atoms with van der Waals surface area (Å²) in [5.41, 5.74) is 2.33. The molecule has 2 aliphatic heterocycles. The van der Waals surface area contributed by atoms with Crippen LogP contribution < -0.4 is 19.5 Å². The lowest BCUT2D eigenvalue weighted by molar-refractivity contribution is 0.171. The van der Waals surface area contributed by atoms with Gasteiger partial charge in [0.15, 0.2) is 11.5 Å². The van der Waals surface area contributed by atoms with Crippen molar-refractivity contribution in [1.82, 2.24) is 10.2 Å². The molecule has 6 heteroatoms. The van der Waals surface area contributed by atoms with E-state index in [1.165, 1.54) is 18.4 Å². The van der Waals surface area contributed by atoms with Crippen LogP contribution in [0.3, 0.4) is 0 Å². The van der Waals surface area contributed by atoms with Gasteiger partial charge in [-0.3, -0.25) is 4.90 Å². The van der Waals surface area contributed by atoms with Crippen LogP contribution in [0.4, 0.5) is 0 Å². The molecule has 0 unspecified atom stereocenters. The topological polar surface area (TPSA) is 43.0 Å². The van der Waals surface area contributed by atoms with E-state index in [0.29, 0.717) is 24.0 Å². The van der Waals surface area contributed by atoms with E-state index < -0.39 is 0 Å². The predicted molar refractivity (Wildman–Crippen MR) is 111 cm³/mol. The Labute approximate surface area is 171 Å². The number of halogens is 1. The van der Waals surface area contributed by atoms with Gasteiger partial charge in [-0.05, 0) is 49.7 Å². The first-order valence-electron chi connectivity index (χ1n) is 9.92. The van der Waals surface area contributed by atoms with Crippen LogP contribution in [0.25, 0.3) is 0 Å². The number of hydrogen-bond acceptors (Lipinski definition) is 5. The zero-order valence-corrected chi connectivity index (χ0v) is 17.0. The van der Waals surface area contributed by atoms with Gasteiger partial charge in [-0.15, -0.1) is 0 Å². The summed E-state index contributed by atoms with van der Waals surface area (Å²) in [6.07, 6.45) is 2.51. The van der Waals surface area contributed by atoms with E-state index in [4.69, 9.17) is 25.8 Å². The van der Waals surface area contributed by atoms with Crippen LogP contribution in [0, 0.1) is 0 Å². The highest BCUT2D eigenvalue weighted by atomic mass is 35.5. The molecule has 0 saturated carbocycles. The average Bonchev–Trinajstić information content (AvgIpc) is 3.26. The van der Waals surface area contributed by atoms with Crippen molar-refractivity contribution in [1.29, 1.82) is 0 Å². The van der Waals surface area contributed by atoms with Crippen molar-refractivity contribution >= 4 is 11.6 Å². The second-order valence-electron chi connectivity index (χ2n) is 7.23. The molecule has 5 nitrogen and oxygen atoms in total. The molecule has 0 radical (unpaired) electrons. The lowest BCUT2D eigenvalue weighted by Gasteiger charge is -2.29. The standard InChI is InChI=1S/C22H27ClN2O3/c1-26-20-7-3-2-6-17(20)19(25-8-4-5-9-25)15-24-14-16-12-18(23)22-21(13-16)27-10-11-28-22/h2-3,6-7,12-13,19,24H,4-5,8-11,14-15H2,1H3/t19-/m1/s1. The molecule has 1 atom stereocenters. The molecule has 2 aromatic carbocycles. The quantitative estimate of drug-likeness (QED) is 0.756. The summed E-state index contributed by atoms with van der Waals surface area (Å²) in [4.78, 5) is 2.54. The third-order valence-corrected chi connectivity index (χ3v) is 5.68. The highest BCUT2D eigenvalue weighted by molar-refractivity contribution is 6.32. The van der Waals surface area contributed by atoms with E-state index in [9.17, 15) is 0 Å². The van der Waals surface area contributed by atoms with Crippen LogP contribution in [0.5, 0.6) is 17.2 Å². The number of methoxy groups -OCH3 is 1. The summed E-state index contributed by atoms with van der Waals surface area (Å²) in [7, 11) is 1.74. The van der Waals surface area contributed by atoms with Crippen LogP contribution in [0.1, 0.15) is 30.0 Å². The molecular formula is C22H27ClN2O3. The Kier molecular flexibility index (Phi) is 6.25. The maximum absolute atomic E-state index is 6.37. The SMILES string of the molecule is COc1ccccc1[C@@H](CNCc1cc(Cl)c2c(c1)OCCO2)N1CCCC1. The molecule has 150 valence electrons. The first kappa shape index (κ1) is 19.4. The first-order valence-corrected chi connectivity index (χ1v) is 10.3. The van der Waals surface area contributed by atoms with Gasteiger partial charge >= 0.3 is 0 Å². The van der Waals surface area contributed by atoms with Crippen molar-refractivity contribution in [3.05, 3.63) is 52.5 Å². The Morgan fingerprint density at radius 1 is 1.14 bits per heavy atom. The fraction of sp³-hybridized carbons (Fsp3) is 0.455. The second-order valence-corrected chi connectivity index (χ2v) is 7.64. The molecule has 28 heavy (non-hydrogen) atoms. The highest BCUT2D eigenvalue weighted by Crippen LogP contribution is 2.38. The zero-order chi connectivity index (χ0) is 19.3. The minimum atomic E-state index is 0.284. The number of hydrogen-bond donors (Lipinski definition) is 1. The number of likely N-dealkylation sites (tertiary alicyclic amines) is 1. The van der Waals surface area contributed by atoms with Crippen molar-refractivity contribution in [2.24, 2.45) is 0 Å². The number of ether oxygens (including phenoxy) is 3. The van der Waals surface area contributed by atoms with Crippen molar-refractivity contribution in [3.63, 3.8) is 0 Å². The lowest BCUT2D eigenvalue weighted by atomic mass is 10.0. The minimum absolute atomic E-state index is 0.284. The third kappa shape index (κ3) is 4.22. The number of para-hydroxylation sites is 1. The number of rotatable bonds is 7. The number of nitrogens with zero attached hydrogens (tertiary/aromatic N) is 1. The molecule has 1 N–H and O–H groups in total. The van der Waals surface area contributed by atoms with Gasteiger partial charge in [0.25, 0.3) is 0 Å². The van der Waals surface area contributed by atoms with E-state index in [1.807, 2.05) is 24.3 Å². The molecule has 0 aliphatic carbocycles. The van der Waals surface area contributed by atoms with Crippen molar-refractivity contribution in [2.45, 2.75) is 25.4 Å². The Hall–Kier alpha value is -1.95. The molecule has 1 fully saturated rings. The van der Waals surface area contributed by atoms with Gasteiger partial charge in [-0.1, -0.05) is 29.8 Å². The minimum Gasteiger partial charge on any atom is -0.496 e. The van der Waals surface area contributed by atoms with Gasteiger partial charge < -0.3 is 19.5 Å². The fourth-order valence-electron chi connectivity index (χ4n) is 4.05.